The van der Waals surface area contributed by atoms with Crippen molar-refractivity contribution in [2.75, 3.05) is 0 Å². The van der Waals surface area contributed by atoms with Crippen molar-refractivity contribution in [1.29, 1.82) is 0 Å². The summed E-state index contributed by atoms with van der Waals surface area (Å²) in [4.78, 5) is 0. The lowest BCUT2D eigenvalue weighted by Gasteiger charge is -1.87. The fraction of sp³-hybridized carbons (Fsp3) is 1.00. The van der Waals surface area contributed by atoms with Gasteiger partial charge < -0.3 is 0 Å². The van der Waals surface area contributed by atoms with Crippen LogP contribution in [0.15, 0.2) is 0 Å². The first-order valence-electron chi connectivity index (χ1n) is 0.791. The van der Waals surface area contributed by atoms with Crippen molar-refractivity contribution in [2.45, 2.75) is 5.51 Å². The summed E-state index contributed by atoms with van der Waals surface area (Å²) in [6.07, 6.45) is 0. The maximum Gasteiger partial charge on any atom is 0.438 e. The van der Waals surface area contributed by atoms with Crippen molar-refractivity contribution < 1.29 is 13.2 Å². The Morgan fingerprint density at radius 2 is 1.17 bits per heavy atom. The number of hydrogen-bond acceptors (Lipinski definition) is 1. The molecule has 5 heteroatoms. The third-order valence-corrected chi connectivity index (χ3v) is 0. The third-order valence-electron chi connectivity index (χ3n) is 0. The van der Waals surface area contributed by atoms with Crippen LogP contribution in [0.5, 0.6) is 0 Å². The van der Waals surface area contributed by atoms with E-state index < -0.39 is 5.51 Å². The van der Waals surface area contributed by atoms with Crippen LogP contribution in [0.3, 0.4) is 0 Å². The molecule has 0 aromatic carbocycles. The molecule has 0 fully saturated rings. The molecule has 0 spiro atoms. The van der Waals surface area contributed by atoms with E-state index in [9.17, 15) is 13.2 Å². The minimum atomic E-state index is -4.31. The molecule has 0 N–H and O–H groups in total. The van der Waals surface area contributed by atoms with Crippen LogP contribution in [0, 0.1) is 0 Å². The van der Waals surface area contributed by atoms with Gasteiger partial charge in [0.1, 0.15) is 0 Å². The number of thiol groups is 1. The van der Waals surface area contributed by atoms with Gasteiger partial charge in [-0.25, -0.2) is 0 Å². The molecule has 0 unspecified atom stereocenters. The highest BCUT2D eigenvalue weighted by atomic mass is 35.5. The topological polar surface area (TPSA) is 0 Å². The maximum atomic E-state index is 10.2. The lowest BCUT2D eigenvalue weighted by Crippen LogP contribution is -1.89. The average molecular weight is 139 g/mol. The predicted molar refractivity (Wildman–Crippen MR) is 22.3 cm³/mol. The molecule has 0 heterocycles. The zero-order valence-corrected chi connectivity index (χ0v) is 4.20. The summed E-state index contributed by atoms with van der Waals surface area (Å²) in [6, 6.07) is 0. The second kappa shape index (κ2) is 2.58. The minimum Gasteiger partial charge on any atom is -0.161 e. The van der Waals surface area contributed by atoms with Crippen molar-refractivity contribution in [3.05, 3.63) is 0 Å². The molecule has 0 radical (unpaired) electrons. The molecule has 0 aromatic heterocycles. The Balaban J connectivity index is 0. The zero-order chi connectivity index (χ0) is 4.50. The van der Waals surface area contributed by atoms with Gasteiger partial charge in [-0.2, -0.15) is 13.2 Å². The van der Waals surface area contributed by atoms with Gasteiger partial charge in [0.05, 0.1) is 0 Å². The Morgan fingerprint density at radius 3 is 1.17 bits per heavy atom. The van der Waals surface area contributed by atoms with Gasteiger partial charge in [0, 0.05) is 0 Å². The summed E-state index contributed by atoms with van der Waals surface area (Å²) in [5, 5.41) is 0. The highest BCUT2D eigenvalue weighted by Crippen LogP contribution is 2.17. The molecule has 0 rings (SSSR count). The summed E-state index contributed by atoms with van der Waals surface area (Å²) >= 11 is 2.12. The molecule has 40 valence electrons. The van der Waals surface area contributed by atoms with E-state index in [1.54, 1.807) is 0 Å². The van der Waals surface area contributed by atoms with Crippen molar-refractivity contribution in [3.63, 3.8) is 0 Å². The molecule has 0 aliphatic carbocycles. The summed E-state index contributed by atoms with van der Waals surface area (Å²) in [5.41, 5.74) is -4.31. The maximum absolute atomic E-state index is 10.2. The monoisotopic (exact) mass is 138 g/mol. The number of halogens is 4. The van der Waals surface area contributed by atoms with Crippen molar-refractivity contribution >= 4 is 25.0 Å². The van der Waals surface area contributed by atoms with Gasteiger partial charge >= 0.3 is 5.51 Å². The van der Waals surface area contributed by atoms with E-state index in [0.29, 0.717) is 0 Å². The van der Waals surface area contributed by atoms with Gasteiger partial charge in [-0.15, -0.1) is 12.4 Å². The molecule has 0 atom stereocenters. The zero-order valence-electron chi connectivity index (χ0n) is 2.49. The van der Waals surface area contributed by atoms with E-state index in [2.05, 4.69) is 12.6 Å². The Labute approximate surface area is 44.5 Å². The van der Waals surface area contributed by atoms with E-state index in [1.807, 2.05) is 0 Å². The second-order valence-electron chi connectivity index (χ2n) is 0.468. The van der Waals surface area contributed by atoms with Crippen LogP contribution in [-0.4, -0.2) is 5.51 Å². The molecule has 0 saturated carbocycles. The van der Waals surface area contributed by atoms with Crippen LogP contribution in [0.25, 0.3) is 0 Å². The van der Waals surface area contributed by atoms with Gasteiger partial charge in [-0.3, -0.25) is 0 Å². The van der Waals surface area contributed by atoms with Gasteiger partial charge in [0.2, 0.25) is 0 Å². The quantitative estimate of drug-likeness (QED) is 0.486. The van der Waals surface area contributed by atoms with Crippen LogP contribution in [0.2, 0.25) is 0 Å². The molecule has 0 aromatic rings. The lowest BCUT2D eigenvalue weighted by atomic mass is 11.6. The fourth-order valence-electron chi connectivity index (χ4n) is 0. The van der Waals surface area contributed by atoms with Crippen LogP contribution >= 0.6 is 25.0 Å². The smallest absolute Gasteiger partial charge is 0.161 e. The Hall–Kier alpha value is 0.430. The first-order valence-corrected chi connectivity index (χ1v) is 1.24. The number of rotatable bonds is 0. The Kier molecular flexibility index (Phi) is 4.15. The highest BCUT2D eigenvalue weighted by molar-refractivity contribution is 7.81. The highest BCUT2D eigenvalue weighted by Gasteiger charge is 2.17. The van der Waals surface area contributed by atoms with E-state index in [0.717, 1.165) is 0 Å². The van der Waals surface area contributed by atoms with Crippen LogP contribution < -0.4 is 0 Å². The van der Waals surface area contributed by atoms with Gasteiger partial charge in [-0.05, 0) is 0 Å². The van der Waals surface area contributed by atoms with Crippen molar-refractivity contribution in [2.24, 2.45) is 0 Å². The van der Waals surface area contributed by atoms with E-state index in [-0.39, 0.29) is 12.4 Å². The minimum absolute atomic E-state index is 0. The van der Waals surface area contributed by atoms with E-state index >= 15 is 0 Å². The van der Waals surface area contributed by atoms with Crippen LogP contribution in [0.4, 0.5) is 13.2 Å². The molecule has 0 nitrogen and oxygen atoms in total. The van der Waals surface area contributed by atoms with Crippen molar-refractivity contribution in [1.82, 2.24) is 0 Å². The molecule has 0 amide bonds. The first-order chi connectivity index (χ1) is 2.00. The van der Waals surface area contributed by atoms with Crippen LogP contribution in [-0.2, 0) is 0 Å². The fourth-order valence-corrected chi connectivity index (χ4v) is 0. The summed E-state index contributed by atoms with van der Waals surface area (Å²) in [5.74, 6) is 0. The molecular formula is CH2ClF3S. The summed E-state index contributed by atoms with van der Waals surface area (Å²) < 4.78 is 30.7. The Bertz CT molecular complexity index is 26.3. The van der Waals surface area contributed by atoms with Crippen molar-refractivity contribution in [3.8, 4) is 0 Å². The Morgan fingerprint density at radius 1 is 1.17 bits per heavy atom. The number of alkyl halides is 3. The SMILES string of the molecule is Cl.FC(F)(F)S. The average Bonchev–Trinajstić information content (AvgIpc) is 0.722. The van der Waals surface area contributed by atoms with E-state index in [4.69, 9.17) is 0 Å². The van der Waals surface area contributed by atoms with Gasteiger partial charge in [0.25, 0.3) is 0 Å². The number of hydrogen-bond donors (Lipinski definition) is 1. The lowest BCUT2D eigenvalue weighted by molar-refractivity contribution is -0.0303. The second-order valence-corrected chi connectivity index (χ2v) is 0.975. The summed E-state index contributed by atoms with van der Waals surface area (Å²) in [6.45, 7) is 0. The first kappa shape index (κ1) is 9.66. The van der Waals surface area contributed by atoms with Gasteiger partial charge in [0.15, 0.2) is 0 Å². The molecular weight excluding hydrogens is 137 g/mol. The van der Waals surface area contributed by atoms with Gasteiger partial charge in [-0.1, -0.05) is 12.6 Å². The normalized spacial score (nSPS) is 10.0. The standard InChI is InChI=1S/CHF3S.ClH/c2-1(3,4)5;/h5H;1H. The largest absolute Gasteiger partial charge is 0.438 e. The molecule has 6 heavy (non-hydrogen) atoms. The third kappa shape index (κ3) is 282. The summed E-state index contributed by atoms with van der Waals surface area (Å²) in [7, 11) is 0. The predicted octanol–water partition coefficient (Wildman–Crippen LogP) is 1.86. The van der Waals surface area contributed by atoms with Crippen LogP contribution in [0.1, 0.15) is 0 Å². The molecule has 0 aliphatic heterocycles. The van der Waals surface area contributed by atoms with E-state index in [1.165, 1.54) is 0 Å². The molecule has 0 saturated heterocycles. The molecule has 0 bridgehead atoms. The molecule has 0 aliphatic rings.